The molecule has 0 heterocycles. The third-order valence-corrected chi connectivity index (χ3v) is 5.97. The maximum atomic E-state index is 11.1. The molecular formula is C22H40NO8PS. The molecule has 2 unspecified atom stereocenters. The Labute approximate surface area is 202 Å². The first-order chi connectivity index (χ1) is 15.0. The van der Waals surface area contributed by atoms with E-state index in [4.69, 9.17) is 35.4 Å². The molecule has 0 spiro atoms. The van der Waals surface area contributed by atoms with Crippen LogP contribution in [0.15, 0.2) is 24.3 Å². The molecule has 0 fully saturated rings. The molecule has 11 heteroatoms. The van der Waals surface area contributed by atoms with Gasteiger partial charge in [-0.25, -0.2) is 0 Å². The van der Waals surface area contributed by atoms with Gasteiger partial charge in [0.15, 0.2) is 0 Å². The molecule has 3 N–H and O–H groups in total. The van der Waals surface area contributed by atoms with Crippen LogP contribution in [0.4, 0.5) is 0 Å². The average Bonchev–Trinajstić information content (AvgIpc) is 2.66. The van der Waals surface area contributed by atoms with Gasteiger partial charge in [0.25, 0.3) is 0 Å². The summed E-state index contributed by atoms with van der Waals surface area (Å²) in [6, 6.07) is 7.57. The zero-order valence-electron chi connectivity index (χ0n) is 20.1. The van der Waals surface area contributed by atoms with Crippen LogP contribution in [0.5, 0.6) is 11.5 Å². The molecular weight excluding hydrogens is 469 g/mol. The molecule has 1 aromatic carbocycles. The lowest BCUT2D eigenvalue weighted by Gasteiger charge is -2.30. The highest BCUT2D eigenvalue weighted by Crippen LogP contribution is 2.45. The van der Waals surface area contributed by atoms with Crippen LogP contribution >= 0.6 is 6.72 Å². The quantitative estimate of drug-likeness (QED) is 0.171. The molecule has 1 rings (SSSR count). The standard InChI is InChI=1S/C22H38NO7PS.H2O/c1-5-6-7-13-27-19-11-10-12-20(16-19)28-14-8-9-15-29-31(26,32)30-21(17-22(24)25)18-23(2,3)4;/h10-12,16,21H,5-9,13-15,17-18H2,1-4H3,(H-,24,25,26,32);1H2. The summed E-state index contributed by atoms with van der Waals surface area (Å²) in [6.45, 7) is 0.432. The van der Waals surface area contributed by atoms with E-state index >= 15 is 0 Å². The number of hydrogen-bond donors (Lipinski definition) is 2. The Kier molecular flexibility index (Phi) is 15.8. The minimum atomic E-state index is -3.52. The Bertz CT molecular complexity index is 729. The lowest BCUT2D eigenvalue weighted by Crippen LogP contribution is -2.42. The molecule has 1 aromatic rings. The van der Waals surface area contributed by atoms with Crippen molar-refractivity contribution in [2.75, 3.05) is 47.5 Å². The molecule has 0 aliphatic rings. The monoisotopic (exact) mass is 509 g/mol. The van der Waals surface area contributed by atoms with Gasteiger partial charge < -0.3 is 34.0 Å². The summed E-state index contributed by atoms with van der Waals surface area (Å²) in [5.74, 6) is 0.530. The van der Waals surface area contributed by atoms with Gasteiger partial charge in [0, 0.05) is 6.07 Å². The van der Waals surface area contributed by atoms with Gasteiger partial charge in [-0.3, -0.25) is 9.32 Å². The van der Waals surface area contributed by atoms with Crippen LogP contribution in [0.25, 0.3) is 0 Å². The van der Waals surface area contributed by atoms with Crippen LogP contribution in [0.3, 0.4) is 0 Å². The summed E-state index contributed by atoms with van der Waals surface area (Å²) in [6.07, 6.45) is 3.71. The van der Waals surface area contributed by atoms with Crippen molar-refractivity contribution >= 4 is 24.5 Å². The second kappa shape index (κ2) is 16.4. The van der Waals surface area contributed by atoms with E-state index in [1.165, 1.54) is 0 Å². The Hall–Kier alpha value is -1.26. The van der Waals surface area contributed by atoms with Gasteiger partial charge in [-0.1, -0.05) is 25.8 Å². The van der Waals surface area contributed by atoms with Crippen molar-refractivity contribution in [1.82, 2.24) is 0 Å². The van der Waals surface area contributed by atoms with E-state index in [0.29, 0.717) is 37.1 Å². The van der Waals surface area contributed by atoms with Crippen molar-refractivity contribution in [2.45, 2.75) is 51.6 Å². The molecule has 2 atom stereocenters. The number of benzene rings is 1. The first-order valence-corrected chi connectivity index (χ1v) is 13.6. The molecule has 192 valence electrons. The third-order valence-electron chi connectivity index (χ3n) is 4.32. The zero-order chi connectivity index (χ0) is 24.0. The smallest absolute Gasteiger partial charge is 0.325 e. The highest BCUT2D eigenvalue weighted by atomic mass is 32.5. The number of aliphatic carboxylic acids is 1. The maximum absolute atomic E-state index is 11.1. The lowest BCUT2D eigenvalue weighted by atomic mass is 10.2. The first-order valence-electron chi connectivity index (χ1n) is 11.0. The number of carboxylic acids is 1. The summed E-state index contributed by atoms with van der Waals surface area (Å²) in [5.41, 5.74) is 0. The average molecular weight is 510 g/mol. The van der Waals surface area contributed by atoms with Crippen molar-refractivity contribution in [3.8, 4) is 11.5 Å². The minimum absolute atomic E-state index is 0. The van der Waals surface area contributed by atoms with E-state index in [1.54, 1.807) is 0 Å². The molecule has 0 saturated heterocycles. The van der Waals surface area contributed by atoms with E-state index in [9.17, 15) is 9.69 Å². The largest absolute Gasteiger partial charge is 0.870 e. The molecule has 0 aliphatic carbocycles. The number of rotatable bonds is 18. The van der Waals surface area contributed by atoms with Gasteiger partial charge >= 0.3 is 12.7 Å². The fourth-order valence-electron chi connectivity index (χ4n) is 2.93. The van der Waals surface area contributed by atoms with Crippen molar-refractivity contribution in [2.24, 2.45) is 0 Å². The maximum Gasteiger partial charge on any atom is 0.325 e. The zero-order valence-corrected chi connectivity index (χ0v) is 21.9. The van der Waals surface area contributed by atoms with Crippen LogP contribution in [-0.4, -0.2) is 79.5 Å². The summed E-state index contributed by atoms with van der Waals surface area (Å²) >= 11 is 5.06. The summed E-state index contributed by atoms with van der Waals surface area (Å²) < 4.78 is 22.8. The van der Waals surface area contributed by atoms with Gasteiger partial charge in [-0.15, -0.1) is 0 Å². The Morgan fingerprint density at radius 1 is 1.06 bits per heavy atom. The molecule has 0 bridgehead atoms. The second-order valence-corrected chi connectivity index (χ2v) is 11.5. The second-order valence-electron chi connectivity index (χ2n) is 8.69. The number of ether oxygens (including phenoxy) is 2. The Morgan fingerprint density at radius 3 is 2.12 bits per heavy atom. The predicted molar refractivity (Wildman–Crippen MR) is 131 cm³/mol. The predicted octanol–water partition coefficient (Wildman–Crippen LogP) is 4.04. The van der Waals surface area contributed by atoms with Gasteiger partial charge in [-0.2, -0.15) is 0 Å². The summed E-state index contributed by atoms with van der Waals surface area (Å²) in [4.78, 5) is 21.4. The number of quaternary nitrogens is 1. The van der Waals surface area contributed by atoms with Gasteiger partial charge in [0.2, 0.25) is 0 Å². The van der Waals surface area contributed by atoms with E-state index in [2.05, 4.69) is 6.92 Å². The van der Waals surface area contributed by atoms with E-state index in [1.807, 2.05) is 45.4 Å². The molecule has 0 aliphatic heterocycles. The Morgan fingerprint density at radius 2 is 1.61 bits per heavy atom. The van der Waals surface area contributed by atoms with Crippen molar-refractivity contribution < 1.29 is 43.3 Å². The van der Waals surface area contributed by atoms with Gasteiger partial charge in [-0.05, 0) is 43.2 Å². The molecule has 0 saturated carbocycles. The lowest BCUT2D eigenvalue weighted by molar-refractivity contribution is -0.873. The highest BCUT2D eigenvalue weighted by molar-refractivity contribution is 8.07. The van der Waals surface area contributed by atoms with E-state index in [-0.39, 0.29) is 18.5 Å². The molecule has 33 heavy (non-hydrogen) atoms. The van der Waals surface area contributed by atoms with Crippen LogP contribution in [0.1, 0.15) is 45.4 Å². The van der Waals surface area contributed by atoms with E-state index < -0.39 is 18.8 Å². The van der Waals surface area contributed by atoms with Crippen LogP contribution in [0.2, 0.25) is 0 Å². The van der Waals surface area contributed by atoms with Crippen molar-refractivity contribution in [1.29, 1.82) is 0 Å². The number of hydrogen-bond acceptors (Lipinski definition) is 7. The van der Waals surface area contributed by atoms with Crippen LogP contribution in [0, 0.1) is 0 Å². The van der Waals surface area contributed by atoms with Crippen molar-refractivity contribution in [3.05, 3.63) is 24.3 Å². The highest BCUT2D eigenvalue weighted by Gasteiger charge is 2.28. The van der Waals surface area contributed by atoms with Crippen molar-refractivity contribution in [3.63, 3.8) is 0 Å². The number of unbranched alkanes of at least 4 members (excludes halogenated alkanes) is 3. The van der Waals surface area contributed by atoms with E-state index in [0.717, 1.165) is 30.8 Å². The summed E-state index contributed by atoms with van der Waals surface area (Å²) in [7, 11) is 5.73. The number of likely N-dealkylation sites (N-methyl/N-ethyl adjacent to an activating group) is 1. The van der Waals surface area contributed by atoms with Crippen LogP contribution in [-0.2, 0) is 25.6 Å². The molecule has 9 nitrogen and oxygen atoms in total. The third kappa shape index (κ3) is 16.9. The molecule has 0 aromatic heterocycles. The Balaban J connectivity index is 0.0000102. The molecule has 0 amide bonds. The van der Waals surface area contributed by atoms with Gasteiger partial charge in [0.1, 0.15) is 24.1 Å². The molecule has 0 radical (unpaired) electrons. The number of carbonyl (C=O) groups is 1. The SMILES string of the molecule is CCCCCOc1cccc(OCCCCOP(O)(=S)OC(CC(=O)O)C[N+](C)(C)C)c1.[OH-]. The number of nitrogens with zero attached hydrogens (tertiary/aromatic N) is 1. The fourth-order valence-corrected chi connectivity index (χ4v) is 4.46. The normalized spacial score (nSPS) is 14.1. The summed E-state index contributed by atoms with van der Waals surface area (Å²) in [5, 5.41) is 9.07. The topological polar surface area (TPSA) is 124 Å². The van der Waals surface area contributed by atoms with Crippen LogP contribution < -0.4 is 9.47 Å². The minimum Gasteiger partial charge on any atom is -0.870 e. The first kappa shape index (κ1) is 31.7. The number of carboxylic acid groups (broad SMARTS) is 1. The van der Waals surface area contributed by atoms with Gasteiger partial charge in [0.05, 0.1) is 47.4 Å². The fraction of sp³-hybridized carbons (Fsp3) is 0.682.